The first-order valence-corrected chi connectivity index (χ1v) is 6.61. The summed E-state index contributed by atoms with van der Waals surface area (Å²) < 4.78 is 5.19. The van der Waals surface area contributed by atoms with Crippen molar-refractivity contribution in [3.05, 3.63) is 59.7 Å². The average Bonchev–Trinajstić information content (AvgIpc) is 2.71. The molecule has 0 saturated heterocycles. The Kier molecular flexibility index (Phi) is 2.78. The van der Waals surface area contributed by atoms with Crippen LogP contribution in [0.15, 0.2) is 48.5 Å². The van der Waals surface area contributed by atoms with Gasteiger partial charge in [0.15, 0.2) is 0 Å². The molecular formula is C17H17NO2. The van der Waals surface area contributed by atoms with Crippen molar-refractivity contribution in [1.82, 2.24) is 0 Å². The maximum absolute atomic E-state index is 12.7. The third-order valence-electron chi connectivity index (χ3n) is 4.20. The van der Waals surface area contributed by atoms with Crippen LogP contribution in [0.1, 0.15) is 18.1 Å². The standard InChI is InChI=1S/C17H17NO2/c1-17(12-8-10-13(20-3)11-9-12)14-6-4-5-7-15(14)18(2)16(17)19/h4-11H,1-3H3. The zero-order chi connectivity index (χ0) is 14.3. The number of benzene rings is 2. The molecule has 0 aliphatic carbocycles. The monoisotopic (exact) mass is 267 g/mol. The third kappa shape index (κ3) is 1.56. The van der Waals surface area contributed by atoms with Crippen LogP contribution in [-0.2, 0) is 10.2 Å². The van der Waals surface area contributed by atoms with Crippen molar-refractivity contribution in [2.45, 2.75) is 12.3 Å². The molecule has 0 radical (unpaired) electrons. The predicted octanol–water partition coefficient (Wildman–Crippen LogP) is 2.98. The number of fused-ring (bicyclic) bond motifs is 1. The number of rotatable bonds is 2. The van der Waals surface area contributed by atoms with Crippen LogP contribution >= 0.6 is 0 Å². The predicted molar refractivity (Wildman–Crippen MR) is 79.3 cm³/mol. The van der Waals surface area contributed by atoms with Gasteiger partial charge < -0.3 is 9.64 Å². The van der Waals surface area contributed by atoms with Crippen molar-refractivity contribution in [2.75, 3.05) is 19.1 Å². The highest BCUT2D eigenvalue weighted by Crippen LogP contribution is 2.45. The number of carbonyl (C=O) groups excluding carboxylic acids is 1. The maximum atomic E-state index is 12.7. The van der Waals surface area contributed by atoms with E-state index in [4.69, 9.17) is 4.74 Å². The Morgan fingerprint density at radius 2 is 1.70 bits per heavy atom. The lowest BCUT2D eigenvalue weighted by Gasteiger charge is -2.24. The molecule has 0 bridgehead atoms. The first kappa shape index (κ1) is 12.7. The Morgan fingerprint density at radius 3 is 2.35 bits per heavy atom. The van der Waals surface area contributed by atoms with E-state index < -0.39 is 5.41 Å². The Morgan fingerprint density at radius 1 is 1.05 bits per heavy atom. The fourth-order valence-electron chi connectivity index (χ4n) is 2.95. The van der Waals surface area contributed by atoms with Crippen LogP contribution in [0.25, 0.3) is 0 Å². The van der Waals surface area contributed by atoms with Gasteiger partial charge in [0.2, 0.25) is 5.91 Å². The molecule has 2 aromatic carbocycles. The summed E-state index contributed by atoms with van der Waals surface area (Å²) in [5.41, 5.74) is 2.39. The molecule has 1 unspecified atom stereocenters. The highest BCUT2D eigenvalue weighted by Gasteiger charge is 2.46. The largest absolute Gasteiger partial charge is 0.497 e. The summed E-state index contributed by atoms with van der Waals surface area (Å²) in [6.07, 6.45) is 0. The minimum absolute atomic E-state index is 0.101. The molecule has 3 nitrogen and oxygen atoms in total. The number of methoxy groups -OCH3 is 1. The van der Waals surface area contributed by atoms with Crippen LogP contribution in [0.3, 0.4) is 0 Å². The van der Waals surface area contributed by atoms with Crippen LogP contribution in [0, 0.1) is 0 Å². The smallest absolute Gasteiger partial charge is 0.241 e. The van der Waals surface area contributed by atoms with Gasteiger partial charge >= 0.3 is 0 Å². The zero-order valence-electron chi connectivity index (χ0n) is 11.9. The van der Waals surface area contributed by atoms with Crippen molar-refractivity contribution in [1.29, 1.82) is 0 Å². The molecule has 20 heavy (non-hydrogen) atoms. The van der Waals surface area contributed by atoms with E-state index in [1.807, 2.05) is 62.5 Å². The molecule has 102 valence electrons. The lowest BCUT2D eigenvalue weighted by molar-refractivity contribution is -0.121. The molecule has 3 heteroatoms. The number of anilines is 1. The second-order valence-electron chi connectivity index (χ2n) is 5.23. The van der Waals surface area contributed by atoms with Crippen LogP contribution in [0.2, 0.25) is 0 Å². The van der Waals surface area contributed by atoms with Gasteiger partial charge in [-0.05, 0) is 36.2 Å². The van der Waals surface area contributed by atoms with Gasteiger partial charge in [-0.15, -0.1) is 0 Å². The Bertz CT molecular complexity index is 663. The molecule has 0 aromatic heterocycles. The Hall–Kier alpha value is -2.29. The molecule has 0 saturated carbocycles. The number of carbonyl (C=O) groups is 1. The molecule has 1 heterocycles. The van der Waals surface area contributed by atoms with E-state index in [9.17, 15) is 4.79 Å². The summed E-state index contributed by atoms with van der Waals surface area (Å²) in [5.74, 6) is 0.897. The molecular weight excluding hydrogens is 250 g/mol. The SMILES string of the molecule is COc1ccc(C2(C)C(=O)N(C)c3ccccc32)cc1. The number of amides is 1. The zero-order valence-corrected chi connectivity index (χ0v) is 11.9. The van der Waals surface area contributed by atoms with Crippen LogP contribution in [0.5, 0.6) is 5.75 Å². The number of nitrogens with zero attached hydrogens (tertiary/aromatic N) is 1. The van der Waals surface area contributed by atoms with Gasteiger partial charge in [-0.1, -0.05) is 30.3 Å². The van der Waals surface area contributed by atoms with Gasteiger partial charge in [-0.3, -0.25) is 4.79 Å². The summed E-state index contributed by atoms with van der Waals surface area (Å²) in [6.45, 7) is 1.99. The molecule has 1 aliphatic heterocycles. The van der Waals surface area contributed by atoms with Crippen molar-refractivity contribution in [3.63, 3.8) is 0 Å². The normalized spacial score (nSPS) is 20.9. The van der Waals surface area contributed by atoms with Gasteiger partial charge in [-0.2, -0.15) is 0 Å². The molecule has 1 atom stereocenters. The number of ether oxygens (including phenoxy) is 1. The lowest BCUT2D eigenvalue weighted by atomic mass is 9.77. The molecule has 0 spiro atoms. The summed E-state index contributed by atoms with van der Waals surface area (Å²) in [5, 5.41) is 0. The second-order valence-corrected chi connectivity index (χ2v) is 5.23. The summed E-state index contributed by atoms with van der Waals surface area (Å²) >= 11 is 0. The van der Waals surface area contributed by atoms with E-state index in [1.165, 1.54) is 0 Å². The number of likely N-dealkylation sites (N-methyl/N-ethyl adjacent to an activating group) is 1. The topological polar surface area (TPSA) is 29.5 Å². The van der Waals surface area contributed by atoms with Crippen molar-refractivity contribution < 1.29 is 9.53 Å². The fourth-order valence-corrected chi connectivity index (χ4v) is 2.95. The van der Waals surface area contributed by atoms with Crippen molar-refractivity contribution in [3.8, 4) is 5.75 Å². The van der Waals surface area contributed by atoms with Gasteiger partial charge in [0, 0.05) is 12.7 Å². The summed E-state index contributed by atoms with van der Waals surface area (Å²) in [7, 11) is 3.47. The molecule has 3 rings (SSSR count). The first-order chi connectivity index (χ1) is 9.59. The van der Waals surface area contributed by atoms with E-state index in [0.717, 1.165) is 22.6 Å². The number of hydrogen-bond acceptors (Lipinski definition) is 2. The Labute approximate surface area is 118 Å². The van der Waals surface area contributed by atoms with E-state index in [-0.39, 0.29) is 5.91 Å². The quantitative estimate of drug-likeness (QED) is 0.837. The van der Waals surface area contributed by atoms with E-state index in [2.05, 4.69) is 0 Å². The first-order valence-electron chi connectivity index (χ1n) is 6.61. The van der Waals surface area contributed by atoms with Crippen molar-refractivity contribution in [2.24, 2.45) is 0 Å². The average molecular weight is 267 g/mol. The van der Waals surface area contributed by atoms with Crippen LogP contribution in [-0.4, -0.2) is 20.1 Å². The minimum atomic E-state index is -0.627. The highest BCUT2D eigenvalue weighted by molar-refractivity contribution is 6.09. The second kappa shape index (κ2) is 4.37. The lowest BCUT2D eigenvalue weighted by Crippen LogP contribution is -2.36. The number of hydrogen-bond donors (Lipinski definition) is 0. The van der Waals surface area contributed by atoms with Gasteiger partial charge in [0.05, 0.1) is 12.5 Å². The highest BCUT2D eigenvalue weighted by atomic mass is 16.5. The van der Waals surface area contributed by atoms with Crippen LogP contribution < -0.4 is 9.64 Å². The van der Waals surface area contributed by atoms with E-state index >= 15 is 0 Å². The van der Waals surface area contributed by atoms with E-state index in [0.29, 0.717) is 0 Å². The van der Waals surface area contributed by atoms with E-state index in [1.54, 1.807) is 12.0 Å². The molecule has 0 N–H and O–H groups in total. The van der Waals surface area contributed by atoms with Gasteiger partial charge in [0.1, 0.15) is 5.75 Å². The maximum Gasteiger partial charge on any atom is 0.241 e. The summed E-state index contributed by atoms with van der Waals surface area (Å²) in [4.78, 5) is 14.5. The van der Waals surface area contributed by atoms with Crippen LogP contribution in [0.4, 0.5) is 5.69 Å². The molecule has 0 fully saturated rings. The Balaban J connectivity index is 2.17. The fraction of sp³-hybridized carbons (Fsp3) is 0.235. The van der Waals surface area contributed by atoms with Gasteiger partial charge in [0.25, 0.3) is 0 Å². The molecule has 2 aromatic rings. The minimum Gasteiger partial charge on any atom is -0.497 e. The molecule has 1 amide bonds. The third-order valence-corrected chi connectivity index (χ3v) is 4.20. The van der Waals surface area contributed by atoms with Crippen molar-refractivity contribution >= 4 is 11.6 Å². The summed E-state index contributed by atoms with van der Waals surface area (Å²) in [6, 6.07) is 15.7. The number of para-hydroxylation sites is 1. The molecule has 1 aliphatic rings. The van der Waals surface area contributed by atoms with Gasteiger partial charge in [-0.25, -0.2) is 0 Å².